The molecule has 0 bridgehead atoms. The molecule has 0 amide bonds. The lowest BCUT2D eigenvalue weighted by molar-refractivity contribution is 0.669. The maximum absolute atomic E-state index is 6.38. The normalized spacial score (nSPS) is 11.9. The fourth-order valence-corrected chi connectivity index (χ4v) is 8.94. The van der Waals surface area contributed by atoms with E-state index in [4.69, 9.17) is 4.42 Å². The van der Waals surface area contributed by atoms with Gasteiger partial charge in [-0.25, -0.2) is 9.97 Å². The van der Waals surface area contributed by atoms with Crippen molar-refractivity contribution in [3.63, 3.8) is 0 Å². The van der Waals surface area contributed by atoms with Gasteiger partial charge in [0.05, 0.1) is 0 Å². The van der Waals surface area contributed by atoms with Crippen molar-refractivity contribution in [2.75, 3.05) is 4.90 Å². The number of nitrogens with zero attached hydrogens (tertiary/aromatic N) is 3. The molecule has 0 spiro atoms. The molecular formula is C46H27N3OS. The first-order chi connectivity index (χ1) is 25.3. The van der Waals surface area contributed by atoms with Crippen LogP contribution in [-0.2, 0) is 0 Å². The predicted molar refractivity (Wildman–Crippen MR) is 215 cm³/mol. The number of fused-ring (bicyclic) bond motifs is 12. The number of benzene rings is 8. The Morgan fingerprint density at radius 2 is 0.980 bits per heavy atom. The van der Waals surface area contributed by atoms with E-state index < -0.39 is 0 Å². The minimum absolute atomic E-state index is 0.909. The smallest absolute Gasteiger partial charge is 0.136 e. The van der Waals surface area contributed by atoms with E-state index in [1.807, 2.05) is 35.9 Å². The first-order valence-electron chi connectivity index (χ1n) is 17.0. The van der Waals surface area contributed by atoms with Crippen LogP contribution >= 0.6 is 11.3 Å². The Bertz CT molecular complexity index is 3140. The number of hydrogen-bond acceptors (Lipinski definition) is 5. The van der Waals surface area contributed by atoms with Crippen molar-refractivity contribution < 1.29 is 4.42 Å². The Balaban J connectivity index is 1.16. The monoisotopic (exact) mass is 669 g/mol. The van der Waals surface area contributed by atoms with Gasteiger partial charge in [-0.15, -0.1) is 11.3 Å². The summed E-state index contributed by atoms with van der Waals surface area (Å²) in [6, 6.07) is 52.8. The third-order valence-corrected chi connectivity index (χ3v) is 11.4. The second-order valence-electron chi connectivity index (χ2n) is 13.1. The maximum atomic E-state index is 6.38. The summed E-state index contributed by atoms with van der Waals surface area (Å²) < 4.78 is 8.97. The van der Waals surface area contributed by atoms with Gasteiger partial charge in [0, 0.05) is 66.0 Å². The Morgan fingerprint density at radius 1 is 0.392 bits per heavy atom. The van der Waals surface area contributed by atoms with E-state index in [9.17, 15) is 0 Å². The van der Waals surface area contributed by atoms with E-state index >= 15 is 0 Å². The fourth-order valence-electron chi connectivity index (χ4n) is 7.85. The lowest BCUT2D eigenvalue weighted by Gasteiger charge is -2.26. The molecule has 0 aliphatic carbocycles. The van der Waals surface area contributed by atoms with E-state index in [1.165, 1.54) is 52.5 Å². The maximum Gasteiger partial charge on any atom is 0.136 e. The predicted octanol–water partition coefficient (Wildman–Crippen LogP) is 13.3. The van der Waals surface area contributed by atoms with Crippen LogP contribution in [0, 0.1) is 0 Å². The van der Waals surface area contributed by atoms with Crippen LogP contribution in [-0.4, -0.2) is 9.97 Å². The van der Waals surface area contributed by atoms with E-state index in [-0.39, 0.29) is 0 Å². The number of aromatic nitrogens is 2. The van der Waals surface area contributed by atoms with E-state index in [0.29, 0.717) is 0 Å². The molecule has 0 fully saturated rings. The summed E-state index contributed by atoms with van der Waals surface area (Å²) in [6.45, 7) is 0. The average Bonchev–Trinajstić information content (AvgIpc) is 3.76. The molecule has 3 heterocycles. The van der Waals surface area contributed by atoms with Crippen LogP contribution in [0.25, 0.3) is 85.6 Å². The summed E-state index contributed by atoms with van der Waals surface area (Å²) in [4.78, 5) is 10.9. The van der Waals surface area contributed by atoms with Crippen molar-refractivity contribution in [1.82, 2.24) is 9.97 Å². The molecule has 11 aromatic rings. The van der Waals surface area contributed by atoms with Crippen molar-refractivity contribution in [2.24, 2.45) is 0 Å². The highest BCUT2D eigenvalue weighted by atomic mass is 32.1. The molecule has 3 aromatic heterocycles. The minimum atomic E-state index is 0.909. The van der Waals surface area contributed by atoms with E-state index in [1.54, 1.807) is 6.33 Å². The highest BCUT2D eigenvalue weighted by Gasteiger charge is 2.19. The number of hydrogen-bond donors (Lipinski definition) is 0. The third kappa shape index (κ3) is 4.38. The van der Waals surface area contributed by atoms with Crippen LogP contribution in [0.2, 0.25) is 0 Å². The van der Waals surface area contributed by atoms with Crippen molar-refractivity contribution in [3.8, 4) is 11.1 Å². The van der Waals surface area contributed by atoms with Gasteiger partial charge in [0.2, 0.25) is 0 Å². The zero-order chi connectivity index (χ0) is 33.5. The molecule has 8 aromatic carbocycles. The van der Waals surface area contributed by atoms with Crippen molar-refractivity contribution in [1.29, 1.82) is 0 Å². The summed E-state index contributed by atoms with van der Waals surface area (Å²) in [5.74, 6) is 0. The number of rotatable bonds is 4. The highest BCUT2D eigenvalue weighted by molar-refractivity contribution is 7.25. The molecule has 0 saturated heterocycles. The van der Waals surface area contributed by atoms with Crippen LogP contribution in [0.4, 0.5) is 17.1 Å². The van der Waals surface area contributed by atoms with E-state index in [0.717, 1.165) is 50.1 Å². The fraction of sp³-hybridized carbons (Fsp3) is 0. The number of anilines is 3. The number of para-hydroxylation sites is 1. The largest absolute Gasteiger partial charge is 0.456 e. The summed E-state index contributed by atoms with van der Waals surface area (Å²) in [6.07, 6.45) is 5.27. The average molecular weight is 670 g/mol. The van der Waals surface area contributed by atoms with Gasteiger partial charge in [-0.05, 0) is 105 Å². The molecule has 0 atom stereocenters. The Hall–Kier alpha value is -6.56. The molecule has 0 aliphatic heterocycles. The lowest BCUT2D eigenvalue weighted by Crippen LogP contribution is -2.10. The standard InChI is InChI=1S/C46H27N3OS/c1-2-8-34-33(7-1)38-21-31(17-19-35(38)40-24-44-41(23-39(34)40)36-9-3-5-11-43(36)50-44)49(30-15-13-28(14-16-30)29-25-47-27-48-26-29)32-18-20-46-42(22-32)37-10-4-6-12-45(37)51-46/h1-27H. The van der Waals surface area contributed by atoms with Crippen LogP contribution < -0.4 is 4.90 Å². The molecular weight excluding hydrogens is 643 g/mol. The Morgan fingerprint density at radius 3 is 1.78 bits per heavy atom. The molecule has 4 nitrogen and oxygen atoms in total. The van der Waals surface area contributed by atoms with Gasteiger partial charge in [0.25, 0.3) is 0 Å². The van der Waals surface area contributed by atoms with Gasteiger partial charge in [-0.3, -0.25) is 0 Å². The summed E-state index contributed by atoms with van der Waals surface area (Å²) in [5.41, 5.74) is 7.15. The second kappa shape index (κ2) is 11.0. The van der Waals surface area contributed by atoms with Gasteiger partial charge >= 0.3 is 0 Å². The molecule has 0 saturated carbocycles. The second-order valence-corrected chi connectivity index (χ2v) is 14.1. The van der Waals surface area contributed by atoms with Crippen molar-refractivity contribution in [3.05, 3.63) is 164 Å². The summed E-state index contributed by atoms with van der Waals surface area (Å²) in [7, 11) is 0. The zero-order valence-corrected chi connectivity index (χ0v) is 28.1. The number of thiophene rings is 1. The van der Waals surface area contributed by atoms with Crippen molar-refractivity contribution >= 4 is 103 Å². The minimum Gasteiger partial charge on any atom is -0.456 e. The van der Waals surface area contributed by atoms with Gasteiger partial charge in [-0.2, -0.15) is 0 Å². The number of furan rings is 1. The molecule has 0 N–H and O–H groups in total. The SMILES string of the molecule is c1ccc2c(c1)oc1cc3c4ccc(N(c5ccc(-c6cncnc6)cc5)c5ccc6sc7ccccc7c6c5)cc4c4ccccc4c3cc12. The Labute approximate surface area is 296 Å². The molecule has 5 heteroatoms. The zero-order valence-electron chi connectivity index (χ0n) is 27.2. The third-order valence-electron chi connectivity index (χ3n) is 10.2. The van der Waals surface area contributed by atoms with Gasteiger partial charge < -0.3 is 9.32 Å². The van der Waals surface area contributed by atoms with Crippen LogP contribution in [0.5, 0.6) is 0 Å². The van der Waals surface area contributed by atoms with Crippen LogP contribution in [0.3, 0.4) is 0 Å². The highest BCUT2D eigenvalue weighted by Crippen LogP contribution is 2.45. The Kier molecular flexibility index (Phi) is 6.09. The van der Waals surface area contributed by atoms with E-state index in [2.05, 4.69) is 148 Å². The van der Waals surface area contributed by atoms with Gasteiger partial charge in [0.1, 0.15) is 17.5 Å². The quantitative estimate of drug-likeness (QED) is 0.175. The molecule has 0 radical (unpaired) electrons. The summed E-state index contributed by atoms with van der Waals surface area (Å²) >= 11 is 1.84. The summed E-state index contributed by atoms with van der Waals surface area (Å²) in [5, 5.41) is 12.1. The van der Waals surface area contributed by atoms with Crippen molar-refractivity contribution in [2.45, 2.75) is 0 Å². The van der Waals surface area contributed by atoms with Crippen LogP contribution in [0.15, 0.2) is 169 Å². The van der Waals surface area contributed by atoms with Gasteiger partial charge in [0.15, 0.2) is 0 Å². The first-order valence-corrected chi connectivity index (χ1v) is 17.8. The van der Waals surface area contributed by atoms with Crippen LogP contribution in [0.1, 0.15) is 0 Å². The lowest BCUT2D eigenvalue weighted by atomic mass is 9.92. The molecule has 11 rings (SSSR count). The first kappa shape index (κ1) is 28.3. The van der Waals surface area contributed by atoms with Gasteiger partial charge in [-0.1, -0.05) is 78.9 Å². The molecule has 51 heavy (non-hydrogen) atoms. The topological polar surface area (TPSA) is 42.2 Å². The molecule has 238 valence electrons. The molecule has 0 unspecified atom stereocenters. The molecule has 0 aliphatic rings.